The first-order valence-electron chi connectivity index (χ1n) is 9.84. The van der Waals surface area contributed by atoms with Crippen LogP contribution in [0.5, 0.6) is 0 Å². The number of nitrogens with zero attached hydrogens (tertiary/aromatic N) is 2. The highest BCUT2D eigenvalue weighted by atomic mass is 16.5. The number of rotatable bonds is 3. The van der Waals surface area contributed by atoms with Crippen molar-refractivity contribution in [2.75, 3.05) is 0 Å². The van der Waals surface area contributed by atoms with Crippen LogP contribution in [0.15, 0.2) is 54.6 Å². The van der Waals surface area contributed by atoms with Crippen molar-refractivity contribution in [2.45, 2.75) is 39.3 Å². The molecule has 0 amide bonds. The number of para-hydroxylation sites is 1. The van der Waals surface area contributed by atoms with Crippen LogP contribution in [-0.2, 0) is 17.7 Å². The number of carbonyl (C=O) groups excluding carboxylic acids is 1. The van der Waals surface area contributed by atoms with E-state index in [1.54, 1.807) is 0 Å². The van der Waals surface area contributed by atoms with Crippen molar-refractivity contribution in [1.29, 1.82) is 0 Å². The highest BCUT2D eigenvalue weighted by molar-refractivity contribution is 6.14. The van der Waals surface area contributed by atoms with Gasteiger partial charge in [-0.05, 0) is 38.3 Å². The summed E-state index contributed by atoms with van der Waals surface area (Å²) in [4.78, 5) is 17.5. The monoisotopic (exact) mass is 370 g/mol. The quantitative estimate of drug-likeness (QED) is 0.456. The number of aryl methyl sites for hydroxylation is 2. The lowest BCUT2D eigenvalue weighted by molar-refractivity contribution is 0.0371. The predicted molar refractivity (Wildman–Crippen MR) is 112 cm³/mol. The van der Waals surface area contributed by atoms with Crippen LogP contribution >= 0.6 is 0 Å². The molecule has 0 atom stereocenters. The molecule has 0 radical (unpaired) electrons. The van der Waals surface area contributed by atoms with E-state index >= 15 is 0 Å². The molecule has 1 aliphatic rings. The minimum atomic E-state index is -0.374. The zero-order valence-electron chi connectivity index (χ0n) is 16.1. The normalized spacial score (nSPS) is 13.4. The fourth-order valence-corrected chi connectivity index (χ4v) is 4.29. The van der Waals surface area contributed by atoms with Crippen LogP contribution in [0, 0.1) is 0 Å². The van der Waals surface area contributed by atoms with Crippen molar-refractivity contribution in [2.24, 2.45) is 0 Å². The van der Waals surface area contributed by atoms with Gasteiger partial charge in [0.1, 0.15) is 5.69 Å². The van der Waals surface area contributed by atoms with Gasteiger partial charge in [0.2, 0.25) is 0 Å². The van der Waals surface area contributed by atoms with Gasteiger partial charge in [0.25, 0.3) is 0 Å². The van der Waals surface area contributed by atoms with Gasteiger partial charge in [0, 0.05) is 22.9 Å². The van der Waals surface area contributed by atoms with Gasteiger partial charge in [-0.1, -0.05) is 48.5 Å². The number of benzene rings is 2. The molecule has 4 heteroatoms. The number of ether oxygens (including phenoxy) is 1. The average molecular weight is 370 g/mol. The Balaban J connectivity index is 1.88. The Hall–Kier alpha value is -3.14. The summed E-state index contributed by atoms with van der Waals surface area (Å²) in [5, 5.41) is 2.26. The van der Waals surface area contributed by atoms with Gasteiger partial charge >= 0.3 is 5.97 Å². The van der Waals surface area contributed by atoms with Crippen LogP contribution < -0.4 is 0 Å². The summed E-state index contributed by atoms with van der Waals surface area (Å²) in [5.41, 5.74) is 5.97. The van der Waals surface area contributed by atoms with Gasteiger partial charge in [-0.15, -0.1) is 0 Å². The summed E-state index contributed by atoms with van der Waals surface area (Å²) in [5.74, 6) is -0.374. The number of esters is 1. The van der Waals surface area contributed by atoms with E-state index in [-0.39, 0.29) is 12.1 Å². The molecule has 4 aromatic rings. The maximum atomic E-state index is 12.7. The number of hydrogen-bond acceptors (Lipinski definition) is 3. The van der Waals surface area contributed by atoms with Crippen molar-refractivity contribution in [3.8, 4) is 11.3 Å². The molecule has 0 saturated carbocycles. The molecule has 28 heavy (non-hydrogen) atoms. The minimum Gasteiger partial charge on any atom is -0.458 e. The second-order valence-corrected chi connectivity index (χ2v) is 7.64. The summed E-state index contributed by atoms with van der Waals surface area (Å²) >= 11 is 0. The van der Waals surface area contributed by atoms with Crippen molar-refractivity contribution in [3.05, 3.63) is 65.9 Å². The third kappa shape index (κ3) is 2.60. The Morgan fingerprint density at radius 2 is 1.86 bits per heavy atom. The minimum absolute atomic E-state index is 0.180. The Labute approximate surface area is 163 Å². The van der Waals surface area contributed by atoms with E-state index in [4.69, 9.17) is 9.72 Å². The van der Waals surface area contributed by atoms with Crippen molar-refractivity contribution in [1.82, 2.24) is 9.55 Å². The van der Waals surface area contributed by atoms with Crippen LogP contribution in [0.3, 0.4) is 0 Å². The fourth-order valence-electron chi connectivity index (χ4n) is 4.29. The Kier molecular flexibility index (Phi) is 3.93. The van der Waals surface area contributed by atoms with E-state index in [0.717, 1.165) is 41.5 Å². The number of hydrogen-bond donors (Lipinski definition) is 0. The van der Waals surface area contributed by atoms with Crippen LogP contribution in [0.2, 0.25) is 0 Å². The molecule has 0 N–H and O–H groups in total. The SMILES string of the molecule is CC(C)OC(=O)c1cc2c3cccc4c3n(c2c(-c2ccccc2)n1)CCC4. The molecule has 0 aliphatic carbocycles. The highest BCUT2D eigenvalue weighted by Gasteiger charge is 2.23. The van der Waals surface area contributed by atoms with Gasteiger partial charge in [-0.3, -0.25) is 0 Å². The zero-order valence-corrected chi connectivity index (χ0v) is 16.1. The summed E-state index contributed by atoms with van der Waals surface area (Å²) in [6.07, 6.45) is 2.02. The van der Waals surface area contributed by atoms with E-state index < -0.39 is 0 Å². The van der Waals surface area contributed by atoms with Gasteiger partial charge in [-0.2, -0.15) is 0 Å². The molecule has 0 spiro atoms. The molecule has 1 aliphatic heterocycles. The number of aromatic nitrogens is 2. The Bertz CT molecular complexity index is 1210. The summed E-state index contributed by atoms with van der Waals surface area (Å²) < 4.78 is 7.83. The van der Waals surface area contributed by atoms with Crippen molar-refractivity contribution in [3.63, 3.8) is 0 Å². The van der Waals surface area contributed by atoms with E-state index in [1.807, 2.05) is 50.2 Å². The Morgan fingerprint density at radius 1 is 1.04 bits per heavy atom. The maximum Gasteiger partial charge on any atom is 0.357 e. The first-order chi connectivity index (χ1) is 13.6. The van der Waals surface area contributed by atoms with Crippen LogP contribution in [-0.4, -0.2) is 21.6 Å². The second kappa shape index (κ2) is 6.48. The van der Waals surface area contributed by atoms with E-state index in [1.165, 1.54) is 16.5 Å². The summed E-state index contributed by atoms with van der Waals surface area (Å²) in [6.45, 7) is 4.68. The highest BCUT2D eigenvalue weighted by Crippen LogP contribution is 2.39. The molecule has 0 bridgehead atoms. The molecular weight excluding hydrogens is 348 g/mol. The van der Waals surface area contributed by atoms with Gasteiger partial charge in [-0.25, -0.2) is 9.78 Å². The first-order valence-corrected chi connectivity index (χ1v) is 9.84. The molecule has 0 unspecified atom stereocenters. The molecule has 4 nitrogen and oxygen atoms in total. The lowest BCUT2D eigenvalue weighted by Crippen LogP contribution is -2.14. The molecule has 5 rings (SSSR count). The van der Waals surface area contributed by atoms with Crippen LogP contribution in [0.1, 0.15) is 36.3 Å². The van der Waals surface area contributed by atoms with Gasteiger partial charge < -0.3 is 9.30 Å². The standard InChI is InChI=1S/C24H22N2O2/c1-15(2)28-24(27)20-14-19-18-12-6-10-17-11-7-13-26(22(17)18)23(19)21(25-20)16-8-4-3-5-9-16/h3-6,8-10,12,14-15H,7,11,13H2,1-2H3. The van der Waals surface area contributed by atoms with E-state index in [0.29, 0.717) is 5.69 Å². The number of fused-ring (bicyclic) bond motifs is 3. The topological polar surface area (TPSA) is 44.1 Å². The molecular formula is C24H22N2O2. The van der Waals surface area contributed by atoms with Crippen LogP contribution in [0.4, 0.5) is 0 Å². The van der Waals surface area contributed by atoms with Gasteiger partial charge in [0.05, 0.1) is 22.8 Å². The summed E-state index contributed by atoms with van der Waals surface area (Å²) in [6, 6.07) is 18.5. The summed E-state index contributed by atoms with van der Waals surface area (Å²) in [7, 11) is 0. The van der Waals surface area contributed by atoms with Crippen LogP contribution in [0.25, 0.3) is 33.1 Å². The third-order valence-corrected chi connectivity index (χ3v) is 5.37. The fraction of sp³-hybridized carbons (Fsp3) is 0.250. The lowest BCUT2D eigenvalue weighted by atomic mass is 10.0. The van der Waals surface area contributed by atoms with E-state index in [9.17, 15) is 4.79 Å². The van der Waals surface area contributed by atoms with Crippen molar-refractivity contribution >= 4 is 27.8 Å². The Morgan fingerprint density at radius 3 is 2.64 bits per heavy atom. The largest absolute Gasteiger partial charge is 0.458 e. The number of carbonyl (C=O) groups is 1. The zero-order chi connectivity index (χ0) is 19.3. The predicted octanol–water partition coefficient (Wildman–Crippen LogP) is 5.37. The first kappa shape index (κ1) is 17.0. The average Bonchev–Trinajstić information content (AvgIpc) is 3.04. The number of pyridine rings is 1. The second-order valence-electron chi connectivity index (χ2n) is 7.64. The lowest BCUT2D eigenvalue weighted by Gasteiger charge is -2.17. The molecule has 3 heterocycles. The van der Waals surface area contributed by atoms with Crippen molar-refractivity contribution < 1.29 is 9.53 Å². The molecule has 2 aromatic heterocycles. The molecule has 0 saturated heterocycles. The third-order valence-electron chi connectivity index (χ3n) is 5.37. The maximum absolute atomic E-state index is 12.7. The van der Waals surface area contributed by atoms with E-state index in [2.05, 4.69) is 22.8 Å². The van der Waals surface area contributed by atoms with Gasteiger partial charge in [0.15, 0.2) is 0 Å². The molecule has 0 fully saturated rings. The molecule has 2 aromatic carbocycles. The smallest absolute Gasteiger partial charge is 0.357 e. The molecule has 140 valence electrons.